The second kappa shape index (κ2) is 11.7. The van der Waals surface area contributed by atoms with Gasteiger partial charge in [-0.25, -0.2) is 4.39 Å². The number of ether oxygens (including phenoxy) is 2. The van der Waals surface area contributed by atoms with Gasteiger partial charge in [0.1, 0.15) is 24.3 Å². The number of rotatable bonds is 9. The van der Waals surface area contributed by atoms with E-state index in [1.165, 1.54) is 11.6 Å². The van der Waals surface area contributed by atoms with Crippen LogP contribution in [-0.4, -0.2) is 91.5 Å². The fourth-order valence-electron chi connectivity index (χ4n) is 4.32. The van der Waals surface area contributed by atoms with Crippen molar-refractivity contribution in [3.05, 3.63) is 65.5 Å². The van der Waals surface area contributed by atoms with Crippen molar-refractivity contribution in [2.24, 2.45) is 0 Å². The van der Waals surface area contributed by atoms with Gasteiger partial charge in [-0.15, -0.1) is 0 Å². The minimum Gasteiger partial charge on any atom is -0.491 e. The van der Waals surface area contributed by atoms with Crippen molar-refractivity contribution in [3.8, 4) is 5.75 Å². The second-order valence-electron chi connectivity index (χ2n) is 8.71. The summed E-state index contributed by atoms with van der Waals surface area (Å²) in [5.41, 5.74) is 2.24. The summed E-state index contributed by atoms with van der Waals surface area (Å²) >= 11 is 0. The second-order valence-corrected chi connectivity index (χ2v) is 8.71. The zero-order chi connectivity index (χ0) is 22.2. The predicted octanol–water partition coefficient (Wildman–Crippen LogP) is 2.22. The highest BCUT2D eigenvalue weighted by Gasteiger charge is 2.18. The van der Waals surface area contributed by atoms with Crippen molar-refractivity contribution >= 4 is 0 Å². The Hall–Kier alpha value is -2.03. The minimum absolute atomic E-state index is 0.170. The Morgan fingerprint density at radius 1 is 0.844 bits per heavy atom. The molecule has 2 aliphatic rings. The van der Waals surface area contributed by atoms with Crippen LogP contribution in [-0.2, 0) is 17.8 Å². The number of morpholine rings is 1. The molecule has 2 heterocycles. The van der Waals surface area contributed by atoms with E-state index >= 15 is 0 Å². The number of hydrogen-bond acceptors (Lipinski definition) is 6. The van der Waals surface area contributed by atoms with Crippen LogP contribution in [0.2, 0.25) is 0 Å². The third kappa shape index (κ3) is 7.25. The third-order valence-electron chi connectivity index (χ3n) is 6.08. The molecular weight excluding hydrogens is 409 g/mol. The standard InChI is InChI=1S/C25H34FN3O3/c26-23-5-1-3-21(15-23)17-27-7-9-28(10-8-27)18-22-4-2-6-25(16-22)32-20-24(30)19-29-11-13-31-14-12-29/h1-6,15-16,24,30H,7-14,17-20H2/t24-/m0/s1. The molecule has 6 nitrogen and oxygen atoms in total. The van der Waals surface area contributed by atoms with Crippen LogP contribution in [0.1, 0.15) is 11.1 Å². The number of hydrogen-bond donors (Lipinski definition) is 1. The summed E-state index contributed by atoms with van der Waals surface area (Å²) in [6.45, 7) is 9.68. The van der Waals surface area contributed by atoms with E-state index in [0.717, 1.165) is 76.9 Å². The van der Waals surface area contributed by atoms with E-state index in [-0.39, 0.29) is 5.82 Å². The minimum atomic E-state index is -0.511. The summed E-state index contributed by atoms with van der Waals surface area (Å²) in [6.07, 6.45) is -0.511. The van der Waals surface area contributed by atoms with Crippen LogP contribution in [0.15, 0.2) is 48.5 Å². The molecule has 2 saturated heterocycles. The molecule has 1 N–H and O–H groups in total. The van der Waals surface area contributed by atoms with Crippen molar-refractivity contribution in [2.75, 3.05) is 65.6 Å². The Balaban J connectivity index is 1.19. The van der Waals surface area contributed by atoms with E-state index in [1.54, 1.807) is 12.1 Å². The lowest BCUT2D eigenvalue weighted by molar-refractivity contribution is 0.00464. The Morgan fingerprint density at radius 3 is 2.12 bits per heavy atom. The highest BCUT2D eigenvalue weighted by atomic mass is 19.1. The van der Waals surface area contributed by atoms with E-state index in [1.807, 2.05) is 18.2 Å². The lowest BCUT2D eigenvalue weighted by Crippen LogP contribution is -2.45. The maximum Gasteiger partial charge on any atom is 0.123 e. The third-order valence-corrected chi connectivity index (χ3v) is 6.08. The molecule has 0 spiro atoms. The quantitative estimate of drug-likeness (QED) is 0.642. The van der Waals surface area contributed by atoms with Crippen molar-refractivity contribution in [1.82, 2.24) is 14.7 Å². The van der Waals surface area contributed by atoms with Crippen LogP contribution >= 0.6 is 0 Å². The Labute approximate surface area is 190 Å². The molecule has 0 amide bonds. The molecule has 2 aromatic carbocycles. The molecule has 1 atom stereocenters. The van der Waals surface area contributed by atoms with Gasteiger partial charge in [-0.2, -0.15) is 0 Å². The number of aliphatic hydroxyl groups excluding tert-OH is 1. The predicted molar refractivity (Wildman–Crippen MR) is 122 cm³/mol. The lowest BCUT2D eigenvalue weighted by atomic mass is 10.1. The number of piperazine rings is 1. The van der Waals surface area contributed by atoms with Crippen LogP contribution in [0.3, 0.4) is 0 Å². The molecule has 2 aromatic rings. The van der Waals surface area contributed by atoms with Crippen LogP contribution in [0.4, 0.5) is 4.39 Å². The first-order chi connectivity index (χ1) is 15.6. The van der Waals surface area contributed by atoms with Gasteiger partial charge in [-0.1, -0.05) is 24.3 Å². The van der Waals surface area contributed by atoms with Gasteiger partial charge in [-0.05, 0) is 35.4 Å². The van der Waals surface area contributed by atoms with Crippen molar-refractivity contribution in [3.63, 3.8) is 0 Å². The van der Waals surface area contributed by atoms with Gasteiger partial charge in [0.2, 0.25) is 0 Å². The van der Waals surface area contributed by atoms with Gasteiger partial charge in [0.15, 0.2) is 0 Å². The first-order valence-corrected chi connectivity index (χ1v) is 11.5. The average Bonchev–Trinajstić information content (AvgIpc) is 2.80. The molecule has 0 bridgehead atoms. The van der Waals surface area contributed by atoms with Crippen LogP contribution in [0, 0.1) is 5.82 Å². The summed E-state index contributed by atoms with van der Waals surface area (Å²) in [5.74, 6) is 0.630. The fraction of sp³-hybridized carbons (Fsp3) is 0.520. The Kier molecular flexibility index (Phi) is 8.48. The van der Waals surface area contributed by atoms with Gasteiger partial charge >= 0.3 is 0 Å². The Bertz CT molecular complexity index is 839. The van der Waals surface area contributed by atoms with Gasteiger partial charge < -0.3 is 14.6 Å². The van der Waals surface area contributed by atoms with E-state index in [0.29, 0.717) is 13.2 Å². The number of β-amino-alcohol motifs (C(OH)–C–C–N with tert-alkyl or cyclic N) is 1. The molecule has 2 aliphatic heterocycles. The number of nitrogens with zero attached hydrogens (tertiary/aromatic N) is 3. The van der Waals surface area contributed by atoms with Crippen LogP contribution in [0.5, 0.6) is 5.75 Å². The lowest BCUT2D eigenvalue weighted by Gasteiger charge is -2.34. The van der Waals surface area contributed by atoms with E-state index in [4.69, 9.17) is 9.47 Å². The topological polar surface area (TPSA) is 48.4 Å². The van der Waals surface area contributed by atoms with Gasteiger partial charge in [0.25, 0.3) is 0 Å². The molecule has 32 heavy (non-hydrogen) atoms. The zero-order valence-corrected chi connectivity index (χ0v) is 18.7. The molecule has 2 fully saturated rings. The molecule has 0 unspecified atom stereocenters. The molecule has 0 saturated carbocycles. The van der Waals surface area contributed by atoms with E-state index < -0.39 is 6.10 Å². The zero-order valence-electron chi connectivity index (χ0n) is 18.7. The van der Waals surface area contributed by atoms with Gasteiger partial charge in [0, 0.05) is 58.9 Å². The number of aliphatic hydroxyl groups is 1. The average molecular weight is 444 g/mol. The van der Waals surface area contributed by atoms with Gasteiger partial charge in [-0.3, -0.25) is 14.7 Å². The summed E-state index contributed by atoms with van der Waals surface area (Å²) in [6, 6.07) is 15.0. The monoisotopic (exact) mass is 443 g/mol. The molecule has 7 heteroatoms. The molecule has 4 rings (SSSR count). The maximum atomic E-state index is 13.4. The number of halogens is 1. The van der Waals surface area contributed by atoms with E-state index in [2.05, 4.69) is 26.8 Å². The molecule has 0 aromatic heterocycles. The largest absolute Gasteiger partial charge is 0.491 e. The Morgan fingerprint density at radius 2 is 1.47 bits per heavy atom. The number of benzene rings is 2. The highest BCUT2D eigenvalue weighted by Crippen LogP contribution is 2.17. The molecular formula is C25H34FN3O3. The van der Waals surface area contributed by atoms with Crippen LogP contribution in [0.25, 0.3) is 0 Å². The first kappa shape index (κ1) is 23.1. The normalized spacial score (nSPS) is 19.7. The highest BCUT2D eigenvalue weighted by molar-refractivity contribution is 5.28. The van der Waals surface area contributed by atoms with Crippen LogP contribution < -0.4 is 4.74 Å². The summed E-state index contributed by atoms with van der Waals surface area (Å²) in [4.78, 5) is 7.02. The summed E-state index contributed by atoms with van der Waals surface area (Å²) < 4.78 is 24.6. The smallest absolute Gasteiger partial charge is 0.123 e. The summed E-state index contributed by atoms with van der Waals surface area (Å²) in [7, 11) is 0. The van der Waals surface area contributed by atoms with Crippen molar-refractivity contribution in [2.45, 2.75) is 19.2 Å². The van der Waals surface area contributed by atoms with E-state index in [9.17, 15) is 9.50 Å². The summed E-state index contributed by atoms with van der Waals surface area (Å²) in [5, 5.41) is 10.3. The SMILES string of the molecule is O[C@H](COc1cccc(CN2CCN(Cc3cccc(F)c3)CC2)c1)CN1CCOCC1. The van der Waals surface area contributed by atoms with Crippen molar-refractivity contribution < 1.29 is 19.0 Å². The molecule has 174 valence electrons. The molecule has 0 radical (unpaired) electrons. The first-order valence-electron chi connectivity index (χ1n) is 11.5. The fourth-order valence-corrected chi connectivity index (χ4v) is 4.32. The van der Waals surface area contributed by atoms with Crippen molar-refractivity contribution in [1.29, 1.82) is 0 Å². The molecule has 0 aliphatic carbocycles. The maximum absolute atomic E-state index is 13.4. The van der Waals surface area contributed by atoms with Gasteiger partial charge in [0.05, 0.1) is 13.2 Å².